The number of hydrogen-bond acceptors (Lipinski definition) is 5. The van der Waals surface area contributed by atoms with Crippen molar-refractivity contribution in [3.63, 3.8) is 0 Å². The van der Waals surface area contributed by atoms with E-state index in [0.29, 0.717) is 11.7 Å². The zero-order valence-corrected chi connectivity index (χ0v) is 7.39. The lowest BCUT2D eigenvalue weighted by Gasteiger charge is -1.90. The third kappa shape index (κ3) is 4.39. The normalized spacial score (nSPS) is 20.5. The number of nitrogens with two attached hydrogens (primary N) is 2. The minimum Gasteiger partial charge on any atom is -0.397 e. The quantitative estimate of drug-likeness (QED) is 0.580. The van der Waals surface area contributed by atoms with E-state index in [4.69, 9.17) is 16.2 Å². The van der Waals surface area contributed by atoms with E-state index >= 15 is 0 Å². The van der Waals surface area contributed by atoms with E-state index in [1.807, 2.05) is 0 Å². The van der Waals surface area contributed by atoms with Gasteiger partial charge < -0.3 is 16.2 Å². The number of ether oxygens (including phenoxy) is 1. The van der Waals surface area contributed by atoms with E-state index < -0.39 is 0 Å². The van der Waals surface area contributed by atoms with Gasteiger partial charge in [0.2, 0.25) is 0 Å². The summed E-state index contributed by atoms with van der Waals surface area (Å²) in [5.74, 6) is 0. The summed E-state index contributed by atoms with van der Waals surface area (Å²) in [4.78, 5) is 0. The van der Waals surface area contributed by atoms with Gasteiger partial charge >= 0.3 is 0 Å². The second-order valence-corrected chi connectivity index (χ2v) is 2.80. The molecule has 0 bridgehead atoms. The summed E-state index contributed by atoms with van der Waals surface area (Å²) in [6.07, 6.45) is 4.09. The van der Waals surface area contributed by atoms with Crippen LogP contribution in [0, 0.1) is 0 Å². The second kappa shape index (κ2) is 5.45. The summed E-state index contributed by atoms with van der Waals surface area (Å²) in [5, 5.41) is 7.02. The van der Waals surface area contributed by atoms with Crippen LogP contribution < -0.4 is 11.5 Å². The summed E-state index contributed by atoms with van der Waals surface area (Å²) >= 11 is 0. The molecule has 1 saturated heterocycles. The molecule has 1 aromatic heterocycles. The summed E-state index contributed by atoms with van der Waals surface area (Å²) in [7, 11) is 0. The standard InChI is InChI=1S/C4H5N3.C4H9NO/c5-4-1-2-6-7-3-4;5-4-1-2-6-3-4/h1-3H,(H2,5,6);4H,1-3,5H2. The number of nitrogens with zero attached hydrogens (tertiary/aromatic N) is 2. The van der Waals surface area contributed by atoms with Crippen LogP contribution in [0.25, 0.3) is 0 Å². The molecule has 1 aromatic rings. The van der Waals surface area contributed by atoms with Crippen LogP contribution in [-0.4, -0.2) is 29.5 Å². The molecular weight excluding hydrogens is 168 g/mol. The number of hydrogen-bond donors (Lipinski definition) is 2. The van der Waals surface area contributed by atoms with Crippen LogP contribution in [0.4, 0.5) is 5.69 Å². The van der Waals surface area contributed by atoms with Gasteiger partial charge in [-0.3, -0.25) is 0 Å². The van der Waals surface area contributed by atoms with Gasteiger partial charge in [-0.25, -0.2) is 0 Å². The topological polar surface area (TPSA) is 87.0 Å². The van der Waals surface area contributed by atoms with Crippen molar-refractivity contribution in [3.8, 4) is 0 Å². The van der Waals surface area contributed by atoms with Gasteiger partial charge in [-0.2, -0.15) is 10.2 Å². The van der Waals surface area contributed by atoms with Gasteiger partial charge in [0.05, 0.1) is 24.7 Å². The molecule has 0 aliphatic carbocycles. The van der Waals surface area contributed by atoms with Crippen LogP contribution in [0.5, 0.6) is 0 Å². The highest BCUT2D eigenvalue weighted by molar-refractivity contribution is 5.30. The third-order valence-electron chi connectivity index (χ3n) is 1.57. The van der Waals surface area contributed by atoms with Gasteiger partial charge in [-0.1, -0.05) is 0 Å². The summed E-state index contributed by atoms with van der Waals surface area (Å²) in [6, 6.07) is 2.01. The third-order valence-corrected chi connectivity index (χ3v) is 1.57. The molecule has 1 aliphatic heterocycles. The fourth-order valence-electron chi connectivity index (χ4n) is 0.854. The molecule has 0 spiro atoms. The second-order valence-electron chi connectivity index (χ2n) is 2.80. The van der Waals surface area contributed by atoms with Crippen LogP contribution in [-0.2, 0) is 4.74 Å². The Morgan fingerprint density at radius 3 is 2.54 bits per heavy atom. The molecule has 0 aromatic carbocycles. The molecule has 1 fully saturated rings. The summed E-state index contributed by atoms with van der Waals surface area (Å²) < 4.78 is 4.93. The first-order valence-corrected chi connectivity index (χ1v) is 4.14. The molecule has 0 amide bonds. The van der Waals surface area contributed by atoms with E-state index in [-0.39, 0.29) is 0 Å². The predicted molar refractivity (Wildman–Crippen MR) is 49.9 cm³/mol. The molecule has 5 nitrogen and oxygen atoms in total. The molecule has 0 saturated carbocycles. The molecule has 72 valence electrons. The van der Waals surface area contributed by atoms with Gasteiger partial charge in [-0.05, 0) is 12.5 Å². The molecule has 4 N–H and O–H groups in total. The smallest absolute Gasteiger partial charge is 0.0725 e. The maximum Gasteiger partial charge on any atom is 0.0725 e. The lowest BCUT2D eigenvalue weighted by atomic mass is 10.3. The molecule has 2 rings (SSSR count). The Morgan fingerprint density at radius 2 is 2.31 bits per heavy atom. The highest BCUT2D eigenvalue weighted by Crippen LogP contribution is 1.98. The molecule has 2 heterocycles. The zero-order valence-electron chi connectivity index (χ0n) is 7.39. The highest BCUT2D eigenvalue weighted by atomic mass is 16.5. The minimum atomic E-state index is 0.324. The maximum atomic E-state index is 5.41. The summed E-state index contributed by atoms with van der Waals surface area (Å²) in [6.45, 7) is 1.63. The first kappa shape index (κ1) is 9.88. The number of aromatic nitrogens is 2. The largest absolute Gasteiger partial charge is 0.397 e. The Labute approximate surface area is 77.1 Å². The maximum absolute atomic E-state index is 5.41. The van der Waals surface area contributed by atoms with Crippen molar-refractivity contribution in [3.05, 3.63) is 18.5 Å². The van der Waals surface area contributed by atoms with Crippen LogP contribution in [0.2, 0.25) is 0 Å². The Bertz CT molecular complexity index is 223. The average Bonchev–Trinajstić information content (AvgIpc) is 2.58. The van der Waals surface area contributed by atoms with Gasteiger partial charge in [-0.15, -0.1) is 0 Å². The van der Waals surface area contributed by atoms with Crippen molar-refractivity contribution >= 4 is 5.69 Å². The Balaban J connectivity index is 0.000000132. The molecule has 1 unspecified atom stereocenters. The van der Waals surface area contributed by atoms with E-state index in [1.54, 1.807) is 12.3 Å². The zero-order chi connectivity index (χ0) is 9.52. The highest BCUT2D eigenvalue weighted by Gasteiger charge is 2.08. The minimum absolute atomic E-state index is 0.324. The number of rotatable bonds is 0. The van der Waals surface area contributed by atoms with Crippen LogP contribution >= 0.6 is 0 Å². The van der Waals surface area contributed by atoms with Crippen LogP contribution in [0.15, 0.2) is 18.5 Å². The lowest BCUT2D eigenvalue weighted by Crippen LogP contribution is -2.18. The molecule has 5 heteroatoms. The predicted octanol–water partition coefficient (Wildman–Crippen LogP) is -0.207. The van der Waals surface area contributed by atoms with Crippen molar-refractivity contribution in [2.45, 2.75) is 12.5 Å². The van der Waals surface area contributed by atoms with Crippen molar-refractivity contribution < 1.29 is 4.74 Å². The summed E-state index contributed by atoms with van der Waals surface area (Å²) in [5.41, 5.74) is 11.3. The van der Waals surface area contributed by atoms with Gasteiger partial charge in [0.25, 0.3) is 0 Å². The molecule has 0 radical (unpaired) electrons. The Morgan fingerprint density at radius 1 is 1.46 bits per heavy atom. The fourth-order valence-corrected chi connectivity index (χ4v) is 0.854. The molecule has 1 atom stereocenters. The molecule has 13 heavy (non-hydrogen) atoms. The van der Waals surface area contributed by atoms with Gasteiger partial charge in [0.1, 0.15) is 0 Å². The van der Waals surface area contributed by atoms with E-state index in [0.717, 1.165) is 19.6 Å². The Kier molecular flexibility index (Phi) is 4.14. The average molecular weight is 182 g/mol. The first-order chi connectivity index (χ1) is 6.29. The van der Waals surface area contributed by atoms with E-state index in [2.05, 4.69) is 10.2 Å². The van der Waals surface area contributed by atoms with Crippen molar-refractivity contribution in [1.82, 2.24) is 10.2 Å². The van der Waals surface area contributed by atoms with E-state index in [1.165, 1.54) is 6.20 Å². The van der Waals surface area contributed by atoms with E-state index in [9.17, 15) is 0 Å². The van der Waals surface area contributed by atoms with Crippen molar-refractivity contribution in [1.29, 1.82) is 0 Å². The number of anilines is 1. The van der Waals surface area contributed by atoms with Crippen molar-refractivity contribution in [2.24, 2.45) is 5.73 Å². The van der Waals surface area contributed by atoms with Crippen molar-refractivity contribution in [2.75, 3.05) is 18.9 Å². The van der Waals surface area contributed by atoms with Gasteiger partial charge in [0.15, 0.2) is 0 Å². The Hall–Kier alpha value is -1.20. The lowest BCUT2D eigenvalue weighted by molar-refractivity contribution is 0.194. The molecule has 1 aliphatic rings. The van der Waals surface area contributed by atoms with Gasteiger partial charge in [0, 0.05) is 12.6 Å². The number of nitrogen functional groups attached to an aromatic ring is 1. The van der Waals surface area contributed by atoms with Crippen LogP contribution in [0.1, 0.15) is 6.42 Å². The van der Waals surface area contributed by atoms with Crippen LogP contribution in [0.3, 0.4) is 0 Å². The SMILES string of the molecule is NC1CCOC1.Nc1ccnnc1. The fraction of sp³-hybridized carbons (Fsp3) is 0.500. The first-order valence-electron chi connectivity index (χ1n) is 4.14. The monoisotopic (exact) mass is 182 g/mol. The molecular formula is C8H14N4O.